The molecule has 7 nitrogen and oxygen atoms in total. The van der Waals surface area contributed by atoms with Crippen LogP contribution in [0.3, 0.4) is 0 Å². The Hall–Kier alpha value is -2.44. The Kier molecular flexibility index (Phi) is 2.97. The third-order valence-electron chi connectivity index (χ3n) is 2.77. The van der Waals surface area contributed by atoms with E-state index in [2.05, 4.69) is 0 Å². The first-order valence-electron chi connectivity index (χ1n) is 5.16. The van der Waals surface area contributed by atoms with Crippen LogP contribution in [0.25, 0.3) is 0 Å². The molecule has 7 heteroatoms. The smallest absolute Gasteiger partial charge is 0.311 e. The number of nitrogens with zero attached hydrogens (tertiary/aromatic N) is 1. The number of nitro groups is 1. The highest BCUT2D eigenvalue weighted by molar-refractivity contribution is 5.83. The lowest BCUT2D eigenvalue weighted by Crippen LogP contribution is -2.18. The number of ether oxygens (including phenoxy) is 1. The molecule has 1 aliphatic rings. The van der Waals surface area contributed by atoms with E-state index >= 15 is 0 Å². The summed E-state index contributed by atoms with van der Waals surface area (Å²) in [4.78, 5) is 32.4. The second kappa shape index (κ2) is 4.44. The van der Waals surface area contributed by atoms with Gasteiger partial charge in [-0.3, -0.25) is 19.7 Å². The van der Waals surface area contributed by atoms with Gasteiger partial charge >= 0.3 is 11.9 Å². The molecule has 0 saturated carbocycles. The second-order valence-corrected chi connectivity index (χ2v) is 3.88. The summed E-state index contributed by atoms with van der Waals surface area (Å²) >= 11 is 0. The maximum atomic E-state index is 11.2. The molecule has 1 fully saturated rings. The van der Waals surface area contributed by atoms with Gasteiger partial charge in [-0.05, 0) is 6.07 Å². The van der Waals surface area contributed by atoms with Crippen molar-refractivity contribution in [2.45, 2.75) is 12.5 Å². The van der Waals surface area contributed by atoms with Crippen molar-refractivity contribution in [3.05, 3.63) is 39.9 Å². The van der Waals surface area contributed by atoms with E-state index < -0.39 is 28.9 Å². The standard InChI is InChI=1S/C11H9NO6/c13-9-5-7(11(14)15)10(18-9)6-3-1-2-4-8(6)12(16)17/h1-4,7,10H,5H2,(H,14,15)/t7-,10-/m1/s1. The summed E-state index contributed by atoms with van der Waals surface area (Å²) in [5, 5.41) is 19.8. The van der Waals surface area contributed by atoms with E-state index in [-0.39, 0.29) is 17.7 Å². The number of rotatable bonds is 3. The average Bonchev–Trinajstić information content (AvgIpc) is 2.71. The SMILES string of the molecule is O=C1C[C@@H](C(=O)O)[C@@H](c2ccccc2[N+](=O)[O-])O1. The van der Waals surface area contributed by atoms with E-state index in [1.54, 1.807) is 0 Å². The minimum Gasteiger partial charge on any atom is -0.481 e. The molecule has 0 aliphatic carbocycles. The molecule has 18 heavy (non-hydrogen) atoms. The zero-order chi connectivity index (χ0) is 13.3. The molecule has 0 amide bonds. The summed E-state index contributed by atoms with van der Waals surface area (Å²) in [7, 11) is 0. The highest BCUT2D eigenvalue weighted by atomic mass is 16.6. The van der Waals surface area contributed by atoms with Crippen LogP contribution in [0.2, 0.25) is 0 Å². The first-order chi connectivity index (χ1) is 8.50. The molecule has 0 aromatic heterocycles. The number of hydrogen-bond donors (Lipinski definition) is 1. The third-order valence-corrected chi connectivity index (χ3v) is 2.77. The Bertz CT molecular complexity index is 526. The molecule has 2 rings (SSSR count). The number of carbonyl (C=O) groups is 2. The molecule has 1 heterocycles. The number of hydrogen-bond acceptors (Lipinski definition) is 5. The van der Waals surface area contributed by atoms with Crippen molar-refractivity contribution < 1.29 is 24.4 Å². The van der Waals surface area contributed by atoms with Crippen LogP contribution >= 0.6 is 0 Å². The highest BCUT2D eigenvalue weighted by Gasteiger charge is 2.43. The van der Waals surface area contributed by atoms with Gasteiger partial charge in [0.1, 0.15) is 12.0 Å². The summed E-state index contributed by atoms with van der Waals surface area (Å²) in [5.41, 5.74) is -0.135. The van der Waals surface area contributed by atoms with E-state index in [0.29, 0.717) is 0 Å². The fourth-order valence-electron chi connectivity index (χ4n) is 1.95. The van der Waals surface area contributed by atoms with Gasteiger partial charge < -0.3 is 9.84 Å². The van der Waals surface area contributed by atoms with Crippen LogP contribution in [-0.2, 0) is 14.3 Å². The maximum Gasteiger partial charge on any atom is 0.311 e. The molecule has 0 unspecified atom stereocenters. The maximum absolute atomic E-state index is 11.2. The molecule has 0 bridgehead atoms. The van der Waals surface area contributed by atoms with Gasteiger partial charge in [0.05, 0.1) is 16.9 Å². The Labute approximate surface area is 101 Å². The van der Waals surface area contributed by atoms with E-state index in [1.807, 2.05) is 0 Å². The number of esters is 1. The van der Waals surface area contributed by atoms with Crippen molar-refractivity contribution >= 4 is 17.6 Å². The van der Waals surface area contributed by atoms with Crippen molar-refractivity contribution in [2.75, 3.05) is 0 Å². The molecule has 1 aliphatic heterocycles. The van der Waals surface area contributed by atoms with Gasteiger partial charge in [-0.2, -0.15) is 0 Å². The number of carbonyl (C=O) groups excluding carboxylic acids is 1. The van der Waals surface area contributed by atoms with Gasteiger partial charge in [-0.1, -0.05) is 12.1 Å². The predicted molar refractivity (Wildman–Crippen MR) is 57.7 cm³/mol. The van der Waals surface area contributed by atoms with Crippen molar-refractivity contribution in [3.8, 4) is 0 Å². The van der Waals surface area contributed by atoms with E-state index in [9.17, 15) is 19.7 Å². The van der Waals surface area contributed by atoms with E-state index in [4.69, 9.17) is 9.84 Å². The summed E-state index contributed by atoms with van der Waals surface area (Å²) in [6.45, 7) is 0. The minimum absolute atomic E-state index is 0.112. The summed E-state index contributed by atoms with van der Waals surface area (Å²) in [6.07, 6.45) is -1.37. The van der Waals surface area contributed by atoms with Crippen LogP contribution in [0.4, 0.5) is 5.69 Å². The highest BCUT2D eigenvalue weighted by Crippen LogP contribution is 2.39. The quantitative estimate of drug-likeness (QED) is 0.492. The van der Waals surface area contributed by atoms with Crippen molar-refractivity contribution in [2.24, 2.45) is 5.92 Å². The van der Waals surface area contributed by atoms with Gasteiger partial charge in [0.25, 0.3) is 5.69 Å². The first kappa shape index (κ1) is 12.0. The molecule has 0 radical (unpaired) electrons. The lowest BCUT2D eigenvalue weighted by atomic mass is 9.94. The molecule has 0 spiro atoms. The average molecular weight is 251 g/mol. The van der Waals surface area contributed by atoms with E-state index in [0.717, 1.165) is 0 Å². The Morgan fingerprint density at radius 3 is 2.72 bits per heavy atom. The lowest BCUT2D eigenvalue weighted by Gasteiger charge is -2.14. The van der Waals surface area contributed by atoms with Gasteiger partial charge in [-0.25, -0.2) is 0 Å². The number of carboxylic acids is 1. The van der Waals surface area contributed by atoms with Crippen molar-refractivity contribution in [1.29, 1.82) is 0 Å². The van der Waals surface area contributed by atoms with Crippen LogP contribution in [-0.4, -0.2) is 22.0 Å². The number of aliphatic carboxylic acids is 1. The van der Waals surface area contributed by atoms with Gasteiger partial charge in [-0.15, -0.1) is 0 Å². The molecule has 1 N–H and O–H groups in total. The summed E-state index contributed by atoms with van der Waals surface area (Å²) in [5.74, 6) is -2.95. The normalized spacial score (nSPS) is 22.6. The second-order valence-electron chi connectivity index (χ2n) is 3.88. The van der Waals surface area contributed by atoms with Gasteiger partial charge in [0.2, 0.25) is 0 Å². The Morgan fingerprint density at radius 1 is 1.44 bits per heavy atom. The molecule has 2 atom stereocenters. The number of benzene rings is 1. The number of para-hydroxylation sites is 1. The van der Waals surface area contributed by atoms with Crippen molar-refractivity contribution in [1.82, 2.24) is 0 Å². The molecule has 1 aromatic carbocycles. The van der Waals surface area contributed by atoms with Crippen LogP contribution in [0, 0.1) is 16.0 Å². The topological polar surface area (TPSA) is 107 Å². The molecular formula is C11H9NO6. The summed E-state index contributed by atoms with van der Waals surface area (Å²) in [6, 6.07) is 5.65. The van der Waals surface area contributed by atoms with Crippen LogP contribution in [0.1, 0.15) is 18.1 Å². The zero-order valence-electron chi connectivity index (χ0n) is 9.11. The van der Waals surface area contributed by atoms with Crippen molar-refractivity contribution in [3.63, 3.8) is 0 Å². The zero-order valence-corrected chi connectivity index (χ0v) is 9.11. The Morgan fingerprint density at radius 2 is 2.11 bits per heavy atom. The van der Waals surface area contributed by atoms with E-state index in [1.165, 1.54) is 24.3 Å². The van der Waals surface area contributed by atoms with Crippen LogP contribution in [0.15, 0.2) is 24.3 Å². The van der Waals surface area contributed by atoms with Crippen LogP contribution in [0.5, 0.6) is 0 Å². The largest absolute Gasteiger partial charge is 0.481 e. The van der Waals surface area contributed by atoms with Gasteiger partial charge in [0.15, 0.2) is 0 Å². The molecule has 1 aromatic rings. The fraction of sp³-hybridized carbons (Fsp3) is 0.273. The third kappa shape index (κ3) is 2.02. The minimum atomic E-state index is -1.20. The van der Waals surface area contributed by atoms with Crippen LogP contribution < -0.4 is 0 Å². The Balaban J connectivity index is 2.44. The molecular weight excluding hydrogens is 242 g/mol. The number of nitro benzene ring substituents is 1. The summed E-state index contributed by atoms with van der Waals surface area (Å²) < 4.78 is 4.89. The number of cyclic esters (lactones) is 1. The monoisotopic (exact) mass is 251 g/mol. The number of carboxylic acid groups (broad SMARTS) is 1. The fourth-order valence-corrected chi connectivity index (χ4v) is 1.95. The van der Waals surface area contributed by atoms with Gasteiger partial charge in [0, 0.05) is 6.07 Å². The molecule has 94 valence electrons. The molecule has 1 saturated heterocycles. The lowest BCUT2D eigenvalue weighted by molar-refractivity contribution is -0.386. The predicted octanol–water partition coefficient (Wildman–Crippen LogP) is 1.28. The first-order valence-corrected chi connectivity index (χ1v) is 5.16.